The van der Waals surface area contributed by atoms with Crippen molar-refractivity contribution in [2.45, 2.75) is 25.2 Å². The first-order valence-electron chi connectivity index (χ1n) is 9.24. The number of hydrogen-bond acceptors (Lipinski definition) is 4. The molecule has 144 valence electrons. The Hall–Kier alpha value is -2.31. The van der Waals surface area contributed by atoms with Crippen molar-refractivity contribution in [1.82, 2.24) is 10.3 Å². The van der Waals surface area contributed by atoms with E-state index in [1.54, 1.807) is 18.3 Å². The lowest BCUT2D eigenvalue weighted by Gasteiger charge is -2.36. The highest BCUT2D eigenvalue weighted by Crippen LogP contribution is 2.29. The molecule has 0 spiro atoms. The number of halogens is 1. The Kier molecular flexibility index (Phi) is 6.53. The van der Waals surface area contributed by atoms with Gasteiger partial charge in [0.25, 0.3) is 0 Å². The van der Waals surface area contributed by atoms with Gasteiger partial charge in [-0.2, -0.15) is 0 Å². The molecular weight excluding hydrogens is 347 g/mol. The van der Waals surface area contributed by atoms with Gasteiger partial charge in [-0.25, -0.2) is 4.39 Å². The molecular formula is C21H25FN2O3. The van der Waals surface area contributed by atoms with E-state index in [0.717, 1.165) is 11.3 Å². The summed E-state index contributed by atoms with van der Waals surface area (Å²) >= 11 is 0. The Morgan fingerprint density at radius 1 is 1.22 bits per heavy atom. The van der Waals surface area contributed by atoms with Crippen molar-refractivity contribution in [3.63, 3.8) is 0 Å². The number of hydrogen-bond donors (Lipinski definition) is 2. The summed E-state index contributed by atoms with van der Waals surface area (Å²) in [4.78, 5) is 17.3. The first kappa shape index (κ1) is 19.5. The number of pyridine rings is 1. The molecule has 5 nitrogen and oxygen atoms in total. The van der Waals surface area contributed by atoms with Crippen LogP contribution in [0.25, 0.3) is 0 Å². The maximum Gasteiger partial charge on any atom is 0.227 e. The minimum atomic E-state index is -0.476. The van der Waals surface area contributed by atoms with E-state index in [4.69, 9.17) is 4.74 Å². The highest BCUT2D eigenvalue weighted by Gasteiger charge is 2.33. The van der Waals surface area contributed by atoms with E-state index in [-0.39, 0.29) is 23.7 Å². The maximum absolute atomic E-state index is 13.3. The van der Waals surface area contributed by atoms with Crippen LogP contribution in [-0.4, -0.2) is 42.4 Å². The minimum Gasteiger partial charge on any atom is -0.396 e. The molecule has 0 aliphatic carbocycles. The standard InChI is InChI=1S/C21H25FN2O3/c22-17-6-4-16(5-7-17)19(13-18-3-1-2-10-23-18)20(26)24-14-21(15-25)8-11-27-12-9-21/h1-7,10,19,25H,8-9,11-15H2,(H,24,26). The van der Waals surface area contributed by atoms with Crippen LogP contribution in [0.1, 0.15) is 30.0 Å². The van der Waals surface area contributed by atoms with Gasteiger partial charge in [0, 0.05) is 43.5 Å². The van der Waals surface area contributed by atoms with Crippen LogP contribution < -0.4 is 5.32 Å². The van der Waals surface area contributed by atoms with E-state index in [1.807, 2.05) is 18.2 Å². The van der Waals surface area contributed by atoms with E-state index in [2.05, 4.69) is 10.3 Å². The molecule has 1 saturated heterocycles. The summed E-state index contributed by atoms with van der Waals surface area (Å²) in [5, 5.41) is 12.8. The van der Waals surface area contributed by atoms with Crippen LogP contribution in [0.15, 0.2) is 48.7 Å². The Morgan fingerprint density at radius 3 is 2.59 bits per heavy atom. The van der Waals surface area contributed by atoms with E-state index in [1.165, 1.54) is 12.1 Å². The Bertz CT molecular complexity index is 731. The smallest absolute Gasteiger partial charge is 0.227 e. The zero-order valence-corrected chi connectivity index (χ0v) is 15.2. The average molecular weight is 372 g/mol. The van der Waals surface area contributed by atoms with Crippen molar-refractivity contribution in [2.24, 2.45) is 5.41 Å². The number of nitrogens with zero attached hydrogens (tertiary/aromatic N) is 1. The first-order valence-corrected chi connectivity index (χ1v) is 9.24. The fourth-order valence-electron chi connectivity index (χ4n) is 3.38. The predicted octanol–water partition coefficient (Wildman–Crippen LogP) is 2.45. The van der Waals surface area contributed by atoms with E-state index >= 15 is 0 Å². The topological polar surface area (TPSA) is 71.5 Å². The number of aliphatic hydroxyl groups excluding tert-OH is 1. The molecule has 1 fully saturated rings. The zero-order valence-electron chi connectivity index (χ0n) is 15.2. The largest absolute Gasteiger partial charge is 0.396 e. The minimum absolute atomic E-state index is 0.0120. The molecule has 1 amide bonds. The van der Waals surface area contributed by atoms with Gasteiger partial charge < -0.3 is 15.2 Å². The second-order valence-corrected chi connectivity index (χ2v) is 7.12. The molecule has 27 heavy (non-hydrogen) atoms. The molecule has 2 aromatic rings. The van der Waals surface area contributed by atoms with Crippen molar-refractivity contribution in [3.8, 4) is 0 Å². The summed E-state index contributed by atoms with van der Waals surface area (Å²) in [6, 6.07) is 11.6. The molecule has 1 unspecified atom stereocenters. The average Bonchev–Trinajstić information content (AvgIpc) is 2.72. The third-order valence-electron chi connectivity index (χ3n) is 5.25. The van der Waals surface area contributed by atoms with Crippen LogP contribution in [0.4, 0.5) is 4.39 Å². The van der Waals surface area contributed by atoms with Gasteiger partial charge in [-0.15, -0.1) is 0 Å². The fourth-order valence-corrected chi connectivity index (χ4v) is 3.38. The molecule has 0 bridgehead atoms. The molecule has 2 heterocycles. The van der Waals surface area contributed by atoms with Gasteiger partial charge in [0.05, 0.1) is 12.5 Å². The van der Waals surface area contributed by atoms with Crippen LogP contribution >= 0.6 is 0 Å². The van der Waals surface area contributed by atoms with Crippen LogP contribution in [-0.2, 0) is 16.0 Å². The molecule has 6 heteroatoms. The monoisotopic (exact) mass is 372 g/mol. The summed E-state index contributed by atoms with van der Waals surface area (Å²) in [5.41, 5.74) is 1.20. The molecule has 1 aliphatic rings. The molecule has 3 rings (SSSR count). The van der Waals surface area contributed by atoms with E-state index < -0.39 is 5.92 Å². The number of amides is 1. The van der Waals surface area contributed by atoms with E-state index in [0.29, 0.717) is 39.0 Å². The Morgan fingerprint density at radius 2 is 1.96 bits per heavy atom. The zero-order chi connectivity index (χ0) is 19.1. The molecule has 1 atom stereocenters. The van der Waals surface area contributed by atoms with Crippen LogP contribution in [0.3, 0.4) is 0 Å². The summed E-state index contributed by atoms with van der Waals surface area (Å²) in [5.74, 6) is -0.958. The van der Waals surface area contributed by atoms with Crippen molar-refractivity contribution in [2.75, 3.05) is 26.4 Å². The summed E-state index contributed by atoms with van der Waals surface area (Å²) in [6.45, 7) is 1.58. The lowest BCUT2D eigenvalue weighted by molar-refractivity contribution is -0.123. The Balaban J connectivity index is 1.74. The second kappa shape index (κ2) is 9.06. The van der Waals surface area contributed by atoms with Crippen LogP contribution in [0, 0.1) is 11.2 Å². The van der Waals surface area contributed by atoms with Crippen molar-refractivity contribution >= 4 is 5.91 Å². The SMILES string of the molecule is O=C(NCC1(CO)CCOCC1)C(Cc1ccccn1)c1ccc(F)cc1. The number of aromatic nitrogens is 1. The third-order valence-corrected chi connectivity index (χ3v) is 5.25. The van der Waals surface area contributed by atoms with Gasteiger partial charge in [0.15, 0.2) is 0 Å². The molecule has 1 aliphatic heterocycles. The quantitative estimate of drug-likeness (QED) is 0.783. The summed E-state index contributed by atoms with van der Waals surface area (Å²) in [7, 11) is 0. The van der Waals surface area contributed by atoms with Gasteiger partial charge in [0.2, 0.25) is 5.91 Å². The van der Waals surface area contributed by atoms with E-state index in [9.17, 15) is 14.3 Å². The summed E-state index contributed by atoms with van der Waals surface area (Å²) in [6.07, 6.45) is 3.54. The van der Waals surface area contributed by atoms with Crippen molar-refractivity contribution in [1.29, 1.82) is 0 Å². The molecule has 2 N–H and O–H groups in total. The number of nitrogens with one attached hydrogen (secondary N) is 1. The Labute approximate surface area is 158 Å². The van der Waals surface area contributed by atoms with Gasteiger partial charge in [-0.3, -0.25) is 9.78 Å². The highest BCUT2D eigenvalue weighted by molar-refractivity contribution is 5.84. The second-order valence-electron chi connectivity index (χ2n) is 7.12. The fraction of sp³-hybridized carbons (Fsp3) is 0.429. The predicted molar refractivity (Wildman–Crippen MR) is 99.7 cm³/mol. The number of carbonyl (C=O) groups excluding carboxylic acids is 1. The molecule has 0 saturated carbocycles. The highest BCUT2D eigenvalue weighted by atomic mass is 19.1. The first-order chi connectivity index (χ1) is 13.1. The number of benzene rings is 1. The molecule has 1 aromatic carbocycles. The summed E-state index contributed by atoms with van der Waals surface area (Å²) < 4.78 is 18.7. The van der Waals surface area contributed by atoms with Crippen LogP contribution in [0.5, 0.6) is 0 Å². The maximum atomic E-state index is 13.3. The number of rotatable bonds is 7. The van der Waals surface area contributed by atoms with Gasteiger partial charge in [-0.1, -0.05) is 18.2 Å². The van der Waals surface area contributed by atoms with Gasteiger partial charge >= 0.3 is 0 Å². The van der Waals surface area contributed by atoms with Crippen molar-refractivity contribution in [3.05, 3.63) is 65.7 Å². The lowest BCUT2D eigenvalue weighted by Crippen LogP contribution is -2.45. The van der Waals surface area contributed by atoms with Crippen LogP contribution in [0.2, 0.25) is 0 Å². The van der Waals surface area contributed by atoms with Gasteiger partial charge in [0.1, 0.15) is 5.82 Å². The third kappa shape index (κ3) is 5.11. The number of ether oxygens (including phenoxy) is 1. The molecule has 0 radical (unpaired) electrons. The van der Waals surface area contributed by atoms with Gasteiger partial charge in [-0.05, 0) is 42.7 Å². The number of aliphatic hydroxyl groups is 1. The molecule has 1 aromatic heterocycles. The number of carbonyl (C=O) groups is 1. The van der Waals surface area contributed by atoms with Crippen molar-refractivity contribution < 1.29 is 19.0 Å². The lowest BCUT2D eigenvalue weighted by atomic mass is 9.80. The normalized spacial score (nSPS) is 17.3.